The van der Waals surface area contributed by atoms with Gasteiger partial charge in [0.15, 0.2) is 0 Å². The number of carbonyl (C=O) groups is 1. The number of esters is 1. The molecule has 140 valence electrons. The molecule has 0 saturated heterocycles. The van der Waals surface area contributed by atoms with Crippen LogP contribution in [0.1, 0.15) is 11.3 Å². The molecule has 0 radical (unpaired) electrons. The van der Waals surface area contributed by atoms with Crippen LogP contribution in [-0.2, 0) is 22.6 Å². The maximum Gasteiger partial charge on any atom is 0.310 e. The Morgan fingerprint density at radius 3 is 2.71 bits per heavy atom. The number of nitrogens with zero attached hydrogens (tertiary/aromatic N) is 1. The molecule has 3 aromatic carbocycles. The van der Waals surface area contributed by atoms with Crippen molar-refractivity contribution >= 4 is 28.1 Å². The normalized spacial score (nSPS) is 10.8. The van der Waals surface area contributed by atoms with Gasteiger partial charge in [0.1, 0.15) is 17.4 Å². The van der Waals surface area contributed by atoms with E-state index < -0.39 is 0 Å². The van der Waals surface area contributed by atoms with E-state index in [2.05, 4.69) is 11.1 Å². The first kappa shape index (κ1) is 18.2. The van der Waals surface area contributed by atoms with E-state index in [4.69, 9.17) is 9.47 Å². The smallest absolute Gasteiger partial charge is 0.310 e. The van der Waals surface area contributed by atoms with Gasteiger partial charge in [0.2, 0.25) is 0 Å². The van der Waals surface area contributed by atoms with Gasteiger partial charge in [-0.1, -0.05) is 54.6 Å². The Hall–Kier alpha value is -3.18. The minimum Gasteiger partial charge on any atom is -0.497 e. The van der Waals surface area contributed by atoms with Gasteiger partial charge in [0.05, 0.1) is 19.2 Å². The summed E-state index contributed by atoms with van der Waals surface area (Å²) in [5.74, 6) is 0.530. The van der Waals surface area contributed by atoms with Crippen LogP contribution in [0.25, 0.3) is 21.3 Å². The molecule has 0 fully saturated rings. The van der Waals surface area contributed by atoms with Crippen molar-refractivity contribution in [2.75, 3.05) is 7.11 Å². The molecule has 0 N–H and O–H groups in total. The third kappa shape index (κ3) is 4.21. The van der Waals surface area contributed by atoms with Gasteiger partial charge in [0, 0.05) is 10.9 Å². The number of aromatic nitrogens is 1. The van der Waals surface area contributed by atoms with Crippen LogP contribution < -0.4 is 4.74 Å². The van der Waals surface area contributed by atoms with E-state index in [1.807, 2.05) is 66.0 Å². The number of hydrogen-bond acceptors (Lipinski definition) is 5. The van der Waals surface area contributed by atoms with E-state index in [1.54, 1.807) is 7.11 Å². The van der Waals surface area contributed by atoms with Gasteiger partial charge >= 0.3 is 5.97 Å². The van der Waals surface area contributed by atoms with Crippen LogP contribution in [0.4, 0.5) is 0 Å². The average Bonchev–Trinajstić information content (AvgIpc) is 3.21. The fourth-order valence-corrected chi connectivity index (χ4v) is 3.78. The van der Waals surface area contributed by atoms with Crippen molar-refractivity contribution in [3.05, 3.63) is 83.4 Å². The van der Waals surface area contributed by atoms with Crippen molar-refractivity contribution in [1.29, 1.82) is 0 Å². The van der Waals surface area contributed by atoms with E-state index >= 15 is 0 Å². The Kier molecular flexibility index (Phi) is 5.35. The second-order valence-corrected chi connectivity index (χ2v) is 7.25. The Bertz CT molecular complexity index is 1120. The molecule has 0 aliphatic carbocycles. The molecule has 0 amide bonds. The summed E-state index contributed by atoms with van der Waals surface area (Å²) >= 11 is 1.52. The molecule has 0 aliphatic heterocycles. The zero-order chi connectivity index (χ0) is 19.3. The molecule has 0 bridgehead atoms. The molecule has 28 heavy (non-hydrogen) atoms. The third-order valence-corrected chi connectivity index (χ3v) is 5.35. The predicted molar refractivity (Wildman–Crippen MR) is 112 cm³/mol. The summed E-state index contributed by atoms with van der Waals surface area (Å²) in [4.78, 5) is 16.8. The molecule has 0 spiro atoms. The number of fused-ring (bicyclic) bond motifs is 1. The molecule has 0 unspecified atom stereocenters. The monoisotopic (exact) mass is 389 g/mol. The van der Waals surface area contributed by atoms with Crippen LogP contribution in [0.3, 0.4) is 0 Å². The maximum atomic E-state index is 12.2. The Labute approximate surface area is 167 Å². The highest BCUT2D eigenvalue weighted by atomic mass is 32.1. The Morgan fingerprint density at radius 1 is 1.00 bits per heavy atom. The summed E-state index contributed by atoms with van der Waals surface area (Å²) in [6.07, 6.45) is 0.248. The summed E-state index contributed by atoms with van der Waals surface area (Å²) < 4.78 is 10.7. The molecule has 0 saturated carbocycles. The molecule has 4 nitrogen and oxygen atoms in total. The molecular formula is C23H19NO3S. The molecule has 5 heteroatoms. The topological polar surface area (TPSA) is 48.4 Å². The highest BCUT2D eigenvalue weighted by Crippen LogP contribution is 2.27. The first-order valence-corrected chi connectivity index (χ1v) is 9.81. The van der Waals surface area contributed by atoms with E-state index in [-0.39, 0.29) is 19.0 Å². The zero-order valence-corrected chi connectivity index (χ0v) is 16.2. The molecule has 4 rings (SSSR count). The van der Waals surface area contributed by atoms with Crippen molar-refractivity contribution in [3.8, 4) is 16.3 Å². The molecular weight excluding hydrogens is 370 g/mol. The van der Waals surface area contributed by atoms with E-state index in [0.29, 0.717) is 0 Å². The van der Waals surface area contributed by atoms with Crippen molar-refractivity contribution in [3.63, 3.8) is 0 Å². The van der Waals surface area contributed by atoms with E-state index in [1.165, 1.54) is 11.3 Å². The second kappa shape index (κ2) is 8.23. The van der Waals surface area contributed by atoms with Crippen LogP contribution in [0.5, 0.6) is 5.75 Å². The van der Waals surface area contributed by atoms with Gasteiger partial charge in [-0.2, -0.15) is 0 Å². The number of ether oxygens (including phenoxy) is 2. The summed E-state index contributed by atoms with van der Waals surface area (Å²) in [5.41, 5.74) is 2.67. The lowest BCUT2D eigenvalue weighted by atomic mass is 10.1. The zero-order valence-electron chi connectivity index (χ0n) is 15.4. The molecule has 0 aliphatic rings. The Morgan fingerprint density at radius 2 is 1.86 bits per heavy atom. The van der Waals surface area contributed by atoms with Crippen molar-refractivity contribution in [1.82, 2.24) is 4.98 Å². The van der Waals surface area contributed by atoms with Crippen LogP contribution in [-0.4, -0.2) is 18.1 Å². The number of hydrogen-bond donors (Lipinski definition) is 0. The number of rotatable bonds is 6. The number of benzene rings is 3. The quantitative estimate of drug-likeness (QED) is 0.422. The first-order chi connectivity index (χ1) is 13.7. The van der Waals surface area contributed by atoms with Crippen molar-refractivity contribution in [2.24, 2.45) is 0 Å². The van der Waals surface area contributed by atoms with Crippen molar-refractivity contribution < 1.29 is 14.3 Å². The van der Waals surface area contributed by atoms with Gasteiger partial charge in [-0.15, -0.1) is 11.3 Å². The predicted octanol–water partition coefficient (Wildman–Crippen LogP) is 5.26. The minimum absolute atomic E-state index is 0.173. The standard InChI is InChI=1S/C23H19NO3S/c1-26-21-8-4-7-19(13-21)23-24-20(15-28-23)14-27-22(25)12-16-9-10-17-5-2-3-6-18(17)11-16/h2-11,13,15H,12,14H2,1H3. The first-order valence-electron chi connectivity index (χ1n) is 8.93. The lowest BCUT2D eigenvalue weighted by Crippen LogP contribution is -2.08. The van der Waals surface area contributed by atoms with Crippen molar-refractivity contribution in [2.45, 2.75) is 13.0 Å². The fourth-order valence-electron chi connectivity index (χ4n) is 2.98. The largest absolute Gasteiger partial charge is 0.497 e. The molecule has 0 atom stereocenters. The Balaban J connectivity index is 1.37. The van der Waals surface area contributed by atoms with Crippen LogP contribution in [0.15, 0.2) is 72.1 Å². The SMILES string of the molecule is COc1cccc(-c2nc(COC(=O)Cc3ccc4ccccc4c3)cs2)c1. The number of carbonyl (C=O) groups excluding carboxylic acids is 1. The summed E-state index contributed by atoms with van der Waals surface area (Å²) in [5, 5.41) is 5.07. The lowest BCUT2D eigenvalue weighted by Gasteiger charge is -2.05. The minimum atomic E-state index is -0.258. The lowest BCUT2D eigenvalue weighted by molar-refractivity contribution is -0.144. The van der Waals surface area contributed by atoms with Gasteiger partial charge in [-0.25, -0.2) is 4.98 Å². The number of thiazole rings is 1. The average molecular weight is 389 g/mol. The van der Waals surface area contributed by atoms with E-state index in [9.17, 15) is 4.79 Å². The van der Waals surface area contributed by atoms with Crippen LogP contribution in [0, 0.1) is 0 Å². The maximum absolute atomic E-state index is 12.2. The van der Waals surface area contributed by atoms with Gasteiger partial charge in [-0.3, -0.25) is 4.79 Å². The summed E-state index contributed by atoms with van der Waals surface area (Å²) in [6.45, 7) is 0.173. The van der Waals surface area contributed by atoms with Crippen LogP contribution >= 0.6 is 11.3 Å². The van der Waals surface area contributed by atoms with E-state index in [0.717, 1.165) is 38.4 Å². The third-order valence-electron chi connectivity index (χ3n) is 4.41. The summed E-state index contributed by atoms with van der Waals surface area (Å²) in [7, 11) is 1.64. The van der Waals surface area contributed by atoms with Gasteiger partial charge in [-0.05, 0) is 28.5 Å². The highest BCUT2D eigenvalue weighted by Gasteiger charge is 2.10. The number of methoxy groups -OCH3 is 1. The van der Waals surface area contributed by atoms with Gasteiger partial charge in [0.25, 0.3) is 0 Å². The van der Waals surface area contributed by atoms with Crippen LogP contribution in [0.2, 0.25) is 0 Å². The molecule has 1 aromatic heterocycles. The molecule has 1 heterocycles. The summed E-state index contributed by atoms with van der Waals surface area (Å²) in [6, 6.07) is 21.9. The van der Waals surface area contributed by atoms with Gasteiger partial charge < -0.3 is 9.47 Å². The fraction of sp³-hybridized carbons (Fsp3) is 0.130. The highest BCUT2D eigenvalue weighted by molar-refractivity contribution is 7.13. The second-order valence-electron chi connectivity index (χ2n) is 6.39. The molecule has 4 aromatic rings.